The highest BCUT2D eigenvalue weighted by Gasteiger charge is 2.24. The van der Waals surface area contributed by atoms with Gasteiger partial charge in [0.15, 0.2) is 0 Å². The van der Waals surface area contributed by atoms with Crippen molar-refractivity contribution in [3.8, 4) is 11.5 Å². The molecule has 0 N–H and O–H groups in total. The van der Waals surface area contributed by atoms with E-state index in [9.17, 15) is 4.79 Å². The molecule has 1 aromatic rings. The van der Waals surface area contributed by atoms with E-state index in [-0.39, 0.29) is 5.91 Å². The molecule has 4 nitrogen and oxygen atoms in total. The van der Waals surface area contributed by atoms with Crippen molar-refractivity contribution in [2.24, 2.45) is 0 Å². The molecule has 1 aromatic carbocycles. The Labute approximate surface area is 136 Å². The Morgan fingerprint density at radius 2 is 1.73 bits per heavy atom. The van der Waals surface area contributed by atoms with Gasteiger partial charge in [0.05, 0.1) is 10.6 Å². The summed E-state index contributed by atoms with van der Waals surface area (Å²) in [6.45, 7) is 9.41. The Morgan fingerprint density at radius 3 is 2.32 bits per heavy atom. The van der Waals surface area contributed by atoms with Gasteiger partial charge in [0, 0.05) is 19.2 Å². The van der Waals surface area contributed by atoms with E-state index in [0.717, 1.165) is 25.9 Å². The molecule has 1 aliphatic heterocycles. The van der Waals surface area contributed by atoms with E-state index in [1.807, 2.05) is 4.90 Å². The average Bonchev–Trinajstić information content (AvgIpc) is 3.06. The predicted octanol–water partition coefficient (Wildman–Crippen LogP) is 3.71. The van der Waals surface area contributed by atoms with Crippen LogP contribution >= 0.6 is 11.6 Å². The molecule has 1 saturated heterocycles. The predicted molar refractivity (Wildman–Crippen MR) is 88.0 cm³/mol. The second kappa shape index (κ2) is 7.90. The number of likely N-dealkylation sites (tertiary alicyclic amines) is 1. The van der Waals surface area contributed by atoms with Gasteiger partial charge >= 0.3 is 0 Å². The topological polar surface area (TPSA) is 38.8 Å². The van der Waals surface area contributed by atoms with Crippen LogP contribution in [0.2, 0.25) is 5.02 Å². The lowest BCUT2D eigenvalue weighted by Gasteiger charge is -2.19. The largest absolute Gasteiger partial charge is 0.489 e. The number of hydrogen-bond donors (Lipinski definition) is 0. The van der Waals surface area contributed by atoms with Gasteiger partial charge in [-0.3, -0.25) is 4.79 Å². The lowest BCUT2D eigenvalue weighted by Crippen LogP contribution is -2.28. The van der Waals surface area contributed by atoms with Crippen LogP contribution in [-0.2, 0) is 0 Å². The number of benzene rings is 1. The van der Waals surface area contributed by atoms with Crippen LogP contribution in [0, 0.1) is 0 Å². The van der Waals surface area contributed by atoms with Crippen molar-refractivity contribution < 1.29 is 14.3 Å². The third kappa shape index (κ3) is 3.83. The van der Waals surface area contributed by atoms with Crippen LogP contribution in [0.25, 0.3) is 0 Å². The molecular weight excluding hydrogens is 302 g/mol. The lowest BCUT2D eigenvalue weighted by atomic mass is 10.1. The van der Waals surface area contributed by atoms with Crippen molar-refractivity contribution in [3.05, 3.63) is 48.0 Å². The quantitative estimate of drug-likeness (QED) is 0.719. The molecule has 1 fully saturated rings. The van der Waals surface area contributed by atoms with Gasteiger partial charge in [0.25, 0.3) is 5.91 Å². The van der Waals surface area contributed by atoms with E-state index in [0.29, 0.717) is 35.3 Å². The van der Waals surface area contributed by atoms with Gasteiger partial charge in [-0.05, 0) is 18.9 Å². The van der Waals surface area contributed by atoms with Crippen molar-refractivity contribution >= 4 is 17.5 Å². The van der Waals surface area contributed by atoms with Gasteiger partial charge in [-0.1, -0.05) is 36.9 Å². The summed E-state index contributed by atoms with van der Waals surface area (Å²) in [5.41, 5.74) is 0.458. The maximum atomic E-state index is 12.6. The molecule has 0 aliphatic carbocycles. The number of nitrogens with zero attached hydrogens (tertiary/aromatic N) is 1. The molecule has 1 aliphatic rings. The zero-order valence-electron chi connectivity index (χ0n) is 12.5. The number of carbonyl (C=O) groups excluding carboxylic acids is 1. The van der Waals surface area contributed by atoms with E-state index in [1.165, 1.54) is 0 Å². The highest BCUT2D eigenvalue weighted by molar-refractivity contribution is 6.32. The van der Waals surface area contributed by atoms with Gasteiger partial charge < -0.3 is 14.4 Å². The standard InChI is InChI=1S/C17H20ClNO3/c1-3-9-21-15-12-16(22-10-4-2)14(18)11-13(15)17(20)19-7-5-6-8-19/h3-4,11-12H,1-2,5-10H2. The molecule has 22 heavy (non-hydrogen) atoms. The highest BCUT2D eigenvalue weighted by Crippen LogP contribution is 2.34. The van der Waals surface area contributed by atoms with Crippen molar-refractivity contribution in [1.29, 1.82) is 0 Å². The Balaban J connectivity index is 2.32. The Kier molecular flexibility index (Phi) is 5.90. The number of hydrogen-bond acceptors (Lipinski definition) is 3. The number of halogens is 1. The summed E-state index contributed by atoms with van der Waals surface area (Å²) in [6.07, 6.45) is 5.32. The Hall–Kier alpha value is -1.94. The molecule has 1 amide bonds. The van der Waals surface area contributed by atoms with E-state index in [4.69, 9.17) is 21.1 Å². The van der Waals surface area contributed by atoms with Crippen molar-refractivity contribution in [3.63, 3.8) is 0 Å². The van der Waals surface area contributed by atoms with Gasteiger partial charge in [-0.15, -0.1) is 0 Å². The van der Waals surface area contributed by atoms with E-state index >= 15 is 0 Å². The molecule has 0 aromatic heterocycles. The van der Waals surface area contributed by atoms with Crippen LogP contribution in [0.15, 0.2) is 37.4 Å². The molecule has 1 heterocycles. The Morgan fingerprint density at radius 1 is 1.14 bits per heavy atom. The normalized spacial score (nSPS) is 13.8. The van der Waals surface area contributed by atoms with Crippen LogP contribution in [-0.4, -0.2) is 37.1 Å². The molecule has 0 saturated carbocycles. The number of ether oxygens (including phenoxy) is 2. The zero-order valence-corrected chi connectivity index (χ0v) is 13.3. The van der Waals surface area contributed by atoms with E-state index in [1.54, 1.807) is 24.3 Å². The molecule has 118 valence electrons. The molecular formula is C17H20ClNO3. The van der Waals surface area contributed by atoms with Crippen LogP contribution in [0.5, 0.6) is 11.5 Å². The average molecular weight is 322 g/mol. The molecule has 5 heteroatoms. The number of rotatable bonds is 7. The molecule has 0 atom stereocenters. The summed E-state index contributed by atoms with van der Waals surface area (Å²) < 4.78 is 11.1. The monoisotopic (exact) mass is 321 g/mol. The first kappa shape index (κ1) is 16.4. The van der Waals surface area contributed by atoms with Gasteiger partial charge in [-0.2, -0.15) is 0 Å². The summed E-state index contributed by atoms with van der Waals surface area (Å²) in [5, 5.41) is 0.385. The van der Waals surface area contributed by atoms with E-state index in [2.05, 4.69) is 13.2 Å². The minimum Gasteiger partial charge on any atom is -0.489 e. The van der Waals surface area contributed by atoms with Gasteiger partial charge in [0.2, 0.25) is 0 Å². The van der Waals surface area contributed by atoms with Crippen LogP contribution in [0.4, 0.5) is 0 Å². The number of carbonyl (C=O) groups is 1. The first-order valence-electron chi connectivity index (χ1n) is 7.27. The maximum Gasteiger partial charge on any atom is 0.257 e. The summed E-state index contributed by atoms with van der Waals surface area (Å²) in [6, 6.07) is 3.26. The summed E-state index contributed by atoms with van der Waals surface area (Å²) in [7, 11) is 0. The molecule has 0 radical (unpaired) electrons. The summed E-state index contributed by atoms with van der Waals surface area (Å²) >= 11 is 6.22. The second-order valence-corrected chi connectivity index (χ2v) is 5.38. The first-order valence-corrected chi connectivity index (χ1v) is 7.65. The minimum absolute atomic E-state index is 0.0614. The van der Waals surface area contributed by atoms with Crippen LogP contribution in [0.1, 0.15) is 23.2 Å². The molecule has 0 unspecified atom stereocenters. The van der Waals surface area contributed by atoms with Crippen LogP contribution in [0.3, 0.4) is 0 Å². The summed E-state index contributed by atoms with van der Waals surface area (Å²) in [5.74, 6) is 0.868. The smallest absolute Gasteiger partial charge is 0.257 e. The molecule has 0 spiro atoms. The Bertz CT molecular complexity index is 565. The van der Waals surface area contributed by atoms with Crippen molar-refractivity contribution in [1.82, 2.24) is 4.90 Å². The van der Waals surface area contributed by atoms with Crippen molar-refractivity contribution in [2.75, 3.05) is 26.3 Å². The van der Waals surface area contributed by atoms with Crippen LogP contribution < -0.4 is 9.47 Å². The third-order valence-corrected chi connectivity index (χ3v) is 3.67. The second-order valence-electron chi connectivity index (χ2n) is 4.98. The van der Waals surface area contributed by atoms with E-state index < -0.39 is 0 Å². The lowest BCUT2D eigenvalue weighted by molar-refractivity contribution is 0.0789. The number of amides is 1. The SMILES string of the molecule is C=CCOc1cc(OCC=C)c(C(=O)N2CCCC2)cc1Cl. The molecule has 2 rings (SSSR count). The third-order valence-electron chi connectivity index (χ3n) is 3.37. The summed E-state index contributed by atoms with van der Waals surface area (Å²) in [4.78, 5) is 14.4. The fraction of sp³-hybridized carbons (Fsp3) is 0.353. The first-order chi connectivity index (χ1) is 10.7. The fourth-order valence-electron chi connectivity index (χ4n) is 2.32. The highest BCUT2D eigenvalue weighted by atomic mass is 35.5. The van der Waals surface area contributed by atoms with Gasteiger partial charge in [0.1, 0.15) is 24.7 Å². The fourth-order valence-corrected chi connectivity index (χ4v) is 2.54. The van der Waals surface area contributed by atoms with Gasteiger partial charge in [-0.25, -0.2) is 0 Å². The minimum atomic E-state index is -0.0614. The molecule has 0 bridgehead atoms. The maximum absolute atomic E-state index is 12.6. The van der Waals surface area contributed by atoms with Crippen molar-refractivity contribution in [2.45, 2.75) is 12.8 Å². The zero-order chi connectivity index (χ0) is 15.9.